The van der Waals surface area contributed by atoms with E-state index in [9.17, 15) is 8.42 Å². The molecule has 2 rings (SSSR count). The van der Waals surface area contributed by atoms with E-state index in [0.29, 0.717) is 36.3 Å². The van der Waals surface area contributed by atoms with Crippen LogP contribution in [0.5, 0.6) is 0 Å². The molecule has 6 nitrogen and oxygen atoms in total. The van der Waals surface area contributed by atoms with Crippen molar-refractivity contribution >= 4 is 10.0 Å². The van der Waals surface area contributed by atoms with Crippen LogP contribution in [0.25, 0.3) is 0 Å². The van der Waals surface area contributed by atoms with Gasteiger partial charge < -0.3 is 5.73 Å². The van der Waals surface area contributed by atoms with E-state index in [-0.39, 0.29) is 11.4 Å². The van der Waals surface area contributed by atoms with Crippen LogP contribution in [-0.2, 0) is 16.6 Å². The lowest BCUT2D eigenvalue weighted by Gasteiger charge is -2.21. The Bertz CT molecular complexity index is 580. The number of H-pyrrole nitrogens is 1. The third-order valence-corrected chi connectivity index (χ3v) is 6.53. The van der Waals surface area contributed by atoms with E-state index in [4.69, 9.17) is 5.73 Å². The van der Waals surface area contributed by atoms with Crippen molar-refractivity contribution in [3.63, 3.8) is 0 Å². The van der Waals surface area contributed by atoms with E-state index < -0.39 is 10.0 Å². The summed E-state index contributed by atoms with van der Waals surface area (Å²) >= 11 is 0. The molecule has 1 fully saturated rings. The Kier molecular flexibility index (Phi) is 5.06. The molecule has 0 saturated carbocycles. The summed E-state index contributed by atoms with van der Waals surface area (Å²) in [5, 5.41) is 6.75. The van der Waals surface area contributed by atoms with E-state index in [1.807, 2.05) is 0 Å². The SMILES string of the molecule is Cc1[nH]nc(CN)c1S(=O)(=O)N1CCCC(C(C)C)CC1. The number of rotatable bonds is 4. The van der Waals surface area contributed by atoms with Gasteiger partial charge in [-0.3, -0.25) is 5.10 Å². The molecule has 0 amide bonds. The fraction of sp³-hybridized carbons (Fsp3) is 0.786. The first kappa shape index (κ1) is 16.5. The lowest BCUT2D eigenvalue weighted by molar-refractivity contribution is 0.340. The van der Waals surface area contributed by atoms with Crippen LogP contribution < -0.4 is 5.73 Å². The van der Waals surface area contributed by atoms with Gasteiger partial charge in [-0.05, 0) is 38.0 Å². The lowest BCUT2D eigenvalue weighted by atomic mass is 9.89. The molecule has 0 bridgehead atoms. The molecule has 21 heavy (non-hydrogen) atoms. The van der Waals surface area contributed by atoms with Crippen molar-refractivity contribution in [2.75, 3.05) is 13.1 Å². The van der Waals surface area contributed by atoms with E-state index in [2.05, 4.69) is 24.0 Å². The van der Waals surface area contributed by atoms with Gasteiger partial charge in [0.25, 0.3) is 0 Å². The first-order chi connectivity index (χ1) is 9.87. The number of aryl methyl sites for hydroxylation is 1. The molecule has 1 unspecified atom stereocenters. The van der Waals surface area contributed by atoms with Crippen LogP contribution in [0.4, 0.5) is 0 Å². The summed E-state index contributed by atoms with van der Waals surface area (Å²) in [5.41, 5.74) is 6.61. The molecule has 3 N–H and O–H groups in total. The number of sulfonamides is 1. The Morgan fingerprint density at radius 3 is 2.71 bits per heavy atom. The summed E-state index contributed by atoms with van der Waals surface area (Å²) in [7, 11) is -3.51. The lowest BCUT2D eigenvalue weighted by Crippen LogP contribution is -2.33. The molecule has 2 heterocycles. The van der Waals surface area contributed by atoms with Gasteiger partial charge in [0.15, 0.2) is 0 Å². The summed E-state index contributed by atoms with van der Waals surface area (Å²) in [4.78, 5) is 0.271. The molecule has 7 heteroatoms. The Labute approximate surface area is 127 Å². The second-order valence-corrected chi connectivity index (χ2v) is 8.04. The number of nitrogens with zero attached hydrogens (tertiary/aromatic N) is 2. The van der Waals surface area contributed by atoms with Crippen LogP contribution in [0.2, 0.25) is 0 Å². The third-order valence-electron chi connectivity index (χ3n) is 4.43. The molecule has 0 aliphatic carbocycles. The standard InChI is InChI=1S/C14H26N4O2S/c1-10(2)12-5-4-7-18(8-6-12)21(19,20)14-11(3)16-17-13(14)9-15/h10,12H,4-9,15H2,1-3H3,(H,16,17). The van der Waals surface area contributed by atoms with Gasteiger partial charge in [0.05, 0.1) is 11.4 Å². The zero-order chi connectivity index (χ0) is 15.6. The molecule has 1 aliphatic heterocycles. The van der Waals surface area contributed by atoms with Crippen molar-refractivity contribution in [1.82, 2.24) is 14.5 Å². The van der Waals surface area contributed by atoms with Gasteiger partial charge in [-0.1, -0.05) is 13.8 Å². The molecule has 1 aromatic rings. The van der Waals surface area contributed by atoms with Crippen molar-refractivity contribution in [2.45, 2.75) is 51.5 Å². The van der Waals surface area contributed by atoms with Crippen molar-refractivity contribution in [2.24, 2.45) is 17.6 Å². The monoisotopic (exact) mass is 314 g/mol. The summed E-state index contributed by atoms with van der Waals surface area (Å²) < 4.78 is 27.4. The van der Waals surface area contributed by atoms with E-state index in [0.717, 1.165) is 19.3 Å². The minimum atomic E-state index is -3.51. The largest absolute Gasteiger partial charge is 0.325 e. The first-order valence-electron chi connectivity index (χ1n) is 7.62. The molecule has 120 valence electrons. The number of nitrogens with one attached hydrogen (secondary N) is 1. The number of aromatic amines is 1. The predicted octanol–water partition coefficient (Wildman–Crippen LogP) is 1.62. The second-order valence-electron chi connectivity index (χ2n) is 6.17. The normalized spacial score (nSPS) is 21.7. The number of hydrogen-bond acceptors (Lipinski definition) is 4. The van der Waals surface area contributed by atoms with Gasteiger partial charge in [-0.15, -0.1) is 0 Å². The van der Waals surface area contributed by atoms with Crippen LogP contribution in [0.15, 0.2) is 4.90 Å². The fourth-order valence-electron chi connectivity index (χ4n) is 3.08. The highest BCUT2D eigenvalue weighted by Gasteiger charge is 2.32. The van der Waals surface area contributed by atoms with E-state index in [1.165, 1.54) is 0 Å². The summed E-state index contributed by atoms with van der Waals surface area (Å²) in [5.74, 6) is 1.20. The average molecular weight is 314 g/mol. The molecular formula is C14H26N4O2S. The molecule has 1 atom stereocenters. The summed E-state index contributed by atoms with van der Waals surface area (Å²) in [6.07, 6.45) is 2.93. The molecule has 1 aliphatic rings. The quantitative estimate of drug-likeness (QED) is 0.883. The maximum Gasteiger partial charge on any atom is 0.246 e. The molecule has 0 radical (unpaired) electrons. The van der Waals surface area contributed by atoms with E-state index in [1.54, 1.807) is 11.2 Å². The van der Waals surface area contributed by atoms with E-state index >= 15 is 0 Å². The summed E-state index contributed by atoms with van der Waals surface area (Å²) in [6.45, 7) is 7.44. The van der Waals surface area contributed by atoms with Gasteiger partial charge in [-0.2, -0.15) is 9.40 Å². The Hall–Kier alpha value is -0.920. The number of hydrogen-bond donors (Lipinski definition) is 2. The Morgan fingerprint density at radius 2 is 2.10 bits per heavy atom. The van der Waals surface area contributed by atoms with Crippen LogP contribution in [0.3, 0.4) is 0 Å². The molecule has 1 saturated heterocycles. The van der Waals surface area contributed by atoms with Crippen LogP contribution in [0.1, 0.15) is 44.5 Å². The smallest absolute Gasteiger partial charge is 0.246 e. The molecule has 1 aromatic heterocycles. The topological polar surface area (TPSA) is 92.1 Å². The minimum Gasteiger partial charge on any atom is -0.325 e. The molecule has 0 aromatic carbocycles. The predicted molar refractivity (Wildman–Crippen MR) is 82.2 cm³/mol. The van der Waals surface area contributed by atoms with Crippen LogP contribution in [0, 0.1) is 18.8 Å². The van der Waals surface area contributed by atoms with Gasteiger partial charge >= 0.3 is 0 Å². The molecular weight excluding hydrogens is 288 g/mol. The highest BCUT2D eigenvalue weighted by molar-refractivity contribution is 7.89. The van der Waals surface area contributed by atoms with Crippen molar-refractivity contribution in [3.8, 4) is 0 Å². The van der Waals surface area contributed by atoms with Gasteiger partial charge in [-0.25, -0.2) is 8.42 Å². The van der Waals surface area contributed by atoms with Crippen molar-refractivity contribution < 1.29 is 8.42 Å². The second kappa shape index (κ2) is 6.46. The van der Waals surface area contributed by atoms with Gasteiger partial charge in [0, 0.05) is 19.6 Å². The average Bonchev–Trinajstić information content (AvgIpc) is 2.65. The first-order valence-corrected chi connectivity index (χ1v) is 9.06. The maximum absolute atomic E-state index is 12.9. The zero-order valence-electron chi connectivity index (χ0n) is 13.1. The van der Waals surface area contributed by atoms with Gasteiger partial charge in [0.2, 0.25) is 10.0 Å². The highest BCUT2D eigenvalue weighted by atomic mass is 32.2. The van der Waals surface area contributed by atoms with Gasteiger partial charge in [0.1, 0.15) is 4.90 Å². The summed E-state index contributed by atoms with van der Waals surface area (Å²) in [6, 6.07) is 0. The Morgan fingerprint density at radius 1 is 1.38 bits per heavy atom. The maximum atomic E-state index is 12.9. The fourth-order valence-corrected chi connectivity index (χ4v) is 4.91. The Balaban J connectivity index is 2.25. The minimum absolute atomic E-state index is 0.126. The number of nitrogens with two attached hydrogens (primary N) is 1. The highest BCUT2D eigenvalue weighted by Crippen LogP contribution is 2.29. The van der Waals surface area contributed by atoms with Crippen LogP contribution in [-0.4, -0.2) is 36.0 Å². The third kappa shape index (κ3) is 3.30. The molecule has 0 spiro atoms. The van der Waals surface area contributed by atoms with Crippen molar-refractivity contribution in [1.29, 1.82) is 0 Å². The number of aromatic nitrogens is 2. The zero-order valence-corrected chi connectivity index (χ0v) is 13.9. The van der Waals surface area contributed by atoms with Crippen molar-refractivity contribution in [3.05, 3.63) is 11.4 Å². The van der Waals surface area contributed by atoms with Crippen LogP contribution >= 0.6 is 0 Å².